The first-order valence-electron chi connectivity index (χ1n) is 5.24. The van der Waals surface area contributed by atoms with Gasteiger partial charge in [0.15, 0.2) is 5.82 Å². The molecule has 8 heteroatoms. The molecular formula is C11H11N3O4S. The molecule has 0 atom stereocenters. The lowest BCUT2D eigenvalue weighted by atomic mass is 10.2. The zero-order valence-electron chi connectivity index (χ0n) is 9.94. The standard InChI is InChI=1S/C11H11N3O4S/c1-14-6-5-10(12-14)13-19(17,18)9-4-2-3-8(7-9)11(15)16/h2-7H,1H3,(H,12,13)(H,15,16). The number of nitrogens with one attached hydrogen (secondary N) is 1. The van der Waals surface area contributed by atoms with Crippen LogP contribution in [0.5, 0.6) is 0 Å². The van der Waals surface area contributed by atoms with Gasteiger partial charge in [-0.05, 0) is 18.2 Å². The molecule has 2 N–H and O–H groups in total. The quantitative estimate of drug-likeness (QED) is 0.867. The number of hydrogen-bond acceptors (Lipinski definition) is 4. The summed E-state index contributed by atoms with van der Waals surface area (Å²) in [5.41, 5.74) is -0.0936. The SMILES string of the molecule is Cn1ccc(NS(=O)(=O)c2cccc(C(=O)O)c2)n1. The summed E-state index contributed by atoms with van der Waals surface area (Å²) in [6.07, 6.45) is 1.59. The van der Waals surface area contributed by atoms with Gasteiger partial charge in [-0.1, -0.05) is 6.07 Å². The maximum absolute atomic E-state index is 12.0. The second-order valence-corrected chi connectivity index (χ2v) is 5.50. The van der Waals surface area contributed by atoms with Gasteiger partial charge >= 0.3 is 5.97 Å². The van der Waals surface area contributed by atoms with E-state index in [1.54, 1.807) is 13.2 Å². The van der Waals surface area contributed by atoms with E-state index in [1.165, 1.54) is 28.9 Å². The Hall–Kier alpha value is -2.35. The number of benzene rings is 1. The van der Waals surface area contributed by atoms with Crippen LogP contribution in [0.3, 0.4) is 0 Å². The van der Waals surface area contributed by atoms with E-state index in [0.29, 0.717) is 0 Å². The third kappa shape index (κ3) is 2.91. The molecule has 0 aliphatic rings. The summed E-state index contributed by atoms with van der Waals surface area (Å²) in [5, 5.41) is 12.7. The Morgan fingerprint density at radius 3 is 2.68 bits per heavy atom. The van der Waals surface area contributed by atoms with Crippen LogP contribution in [0.4, 0.5) is 5.82 Å². The number of rotatable bonds is 4. The van der Waals surface area contributed by atoms with Crippen molar-refractivity contribution < 1.29 is 18.3 Å². The zero-order valence-corrected chi connectivity index (χ0v) is 10.8. The predicted molar refractivity (Wildman–Crippen MR) is 67.4 cm³/mol. The van der Waals surface area contributed by atoms with Gasteiger partial charge in [-0.15, -0.1) is 0 Å². The van der Waals surface area contributed by atoms with Gasteiger partial charge in [-0.25, -0.2) is 13.2 Å². The van der Waals surface area contributed by atoms with Crippen molar-refractivity contribution in [2.75, 3.05) is 4.72 Å². The van der Waals surface area contributed by atoms with Crippen LogP contribution in [0, 0.1) is 0 Å². The third-order valence-corrected chi connectivity index (χ3v) is 3.70. The molecule has 0 amide bonds. The Morgan fingerprint density at radius 2 is 2.11 bits per heavy atom. The average molecular weight is 281 g/mol. The maximum atomic E-state index is 12.0. The van der Waals surface area contributed by atoms with Crippen molar-refractivity contribution in [1.29, 1.82) is 0 Å². The van der Waals surface area contributed by atoms with E-state index in [2.05, 4.69) is 9.82 Å². The number of anilines is 1. The Labute approximate surface area is 109 Å². The highest BCUT2D eigenvalue weighted by atomic mass is 32.2. The van der Waals surface area contributed by atoms with Crippen molar-refractivity contribution in [3.63, 3.8) is 0 Å². The van der Waals surface area contributed by atoms with Crippen LogP contribution in [0.25, 0.3) is 0 Å². The van der Waals surface area contributed by atoms with Gasteiger partial charge in [-0.2, -0.15) is 5.10 Å². The van der Waals surface area contributed by atoms with Crippen LogP contribution < -0.4 is 4.72 Å². The van der Waals surface area contributed by atoms with E-state index in [1.807, 2.05) is 0 Å². The molecule has 0 aliphatic heterocycles. The van der Waals surface area contributed by atoms with Gasteiger partial charge in [-0.3, -0.25) is 9.40 Å². The van der Waals surface area contributed by atoms with Gasteiger partial charge in [0.1, 0.15) is 0 Å². The lowest BCUT2D eigenvalue weighted by Gasteiger charge is -2.06. The number of carboxylic acid groups (broad SMARTS) is 1. The number of aryl methyl sites for hydroxylation is 1. The third-order valence-electron chi connectivity index (χ3n) is 2.34. The Morgan fingerprint density at radius 1 is 1.37 bits per heavy atom. The fourth-order valence-corrected chi connectivity index (χ4v) is 2.50. The molecule has 2 aromatic rings. The molecule has 0 aliphatic carbocycles. The van der Waals surface area contributed by atoms with Crippen molar-refractivity contribution in [2.24, 2.45) is 7.05 Å². The summed E-state index contributed by atoms with van der Waals surface area (Å²) >= 11 is 0. The minimum Gasteiger partial charge on any atom is -0.478 e. The van der Waals surface area contributed by atoms with Crippen molar-refractivity contribution >= 4 is 21.8 Å². The molecule has 2 rings (SSSR count). The second kappa shape index (κ2) is 4.73. The summed E-state index contributed by atoms with van der Waals surface area (Å²) in [6, 6.07) is 6.60. The first kappa shape index (κ1) is 13.1. The molecule has 7 nitrogen and oxygen atoms in total. The largest absolute Gasteiger partial charge is 0.478 e. The predicted octanol–water partition coefficient (Wildman–Crippen LogP) is 0.919. The molecule has 0 fully saturated rings. The molecule has 1 aromatic heterocycles. The monoisotopic (exact) mass is 281 g/mol. The number of carbonyl (C=O) groups is 1. The molecule has 0 radical (unpaired) electrons. The maximum Gasteiger partial charge on any atom is 0.335 e. The van der Waals surface area contributed by atoms with Gasteiger partial charge in [0.05, 0.1) is 10.5 Å². The second-order valence-electron chi connectivity index (χ2n) is 3.81. The van der Waals surface area contributed by atoms with E-state index in [4.69, 9.17) is 5.11 Å². The molecule has 0 unspecified atom stereocenters. The summed E-state index contributed by atoms with van der Waals surface area (Å²) in [7, 11) is -2.19. The molecule has 1 heterocycles. The van der Waals surface area contributed by atoms with E-state index in [-0.39, 0.29) is 16.3 Å². The van der Waals surface area contributed by atoms with E-state index >= 15 is 0 Å². The summed E-state index contributed by atoms with van der Waals surface area (Å²) < 4.78 is 27.8. The van der Waals surface area contributed by atoms with Gasteiger partial charge < -0.3 is 5.11 Å². The highest BCUT2D eigenvalue weighted by Gasteiger charge is 2.17. The summed E-state index contributed by atoms with van der Waals surface area (Å²) in [6.45, 7) is 0. The first-order chi connectivity index (χ1) is 8.88. The summed E-state index contributed by atoms with van der Waals surface area (Å²) in [5.74, 6) is -1.02. The average Bonchev–Trinajstić information content (AvgIpc) is 2.74. The van der Waals surface area contributed by atoms with E-state index in [9.17, 15) is 13.2 Å². The van der Waals surface area contributed by atoms with E-state index < -0.39 is 16.0 Å². The normalized spacial score (nSPS) is 11.2. The lowest BCUT2D eigenvalue weighted by molar-refractivity contribution is 0.0696. The molecule has 0 bridgehead atoms. The van der Waals surface area contributed by atoms with Crippen molar-refractivity contribution in [1.82, 2.24) is 9.78 Å². The highest BCUT2D eigenvalue weighted by Crippen LogP contribution is 2.15. The molecule has 0 saturated carbocycles. The number of hydrogen-bond donors (Lipinski definition) is 2. The number of sulfonamides is 1. The molecular weight excluding hydrogens is 270 g/mol. The Kier molecular flexibility index (Phi) is 3.26. The molecule has 1 aromatic carbocycles. The molecule has 100 valence electrons. The molecule has 0 saturated heterocycles. The number of aromatic carboxylic acids is 1. The van der Waals surface area contributed by atoms with Gasteiger partial charge in [0, 0.05) is 19.3 Å². The van der Waals surface area contributed by atoms with Crippen LogP contribution in [0.2, 0.25) is 0 Å². The van der Waals surface area contributed by atoms with Crippen LogP contribution in [-0.2, 0) is 17.1 Å². The van der Waals surface area contributed by atoms with E-state index in [0.717, 1.165) is 6.07 Å². The minimum atomic E-state index is -3.85. The highest BCUT2D eigenvalue weighted by molar-refractivity contribution is 7.92. The van der Waals surface area contributed by atoms with Crippen LogP contribution in [0.15, 0.2) is 41.4 Å². The van der Waals surface area contributed by atoms with Gasteiger partial charge in [0.2, 0.25) is 0 Å². The number of nitrogens with zero attached hydrogens (tertiary/aromatic N) is 2. The van der Waals surface area contributed by atoms with Crippen molar-refractivity contribution in [3.8, 4) is 0 Å². The topological polar surface area (TPSA) is 101 Å². The molecule has 0 spiro atoms. The zero-order chi connectivity index (χ0) is 14.0. The minimum absolute atomic E-state index is 0.0936. The summed E-state index contributed by atoms with van der Waals surface area (Å²) in [4.78, 5) is 10.7. The fourth-order valence-electron chi connectivity index (χ4n) is 1.46. The lowest BCUT2D eigenvalue weighted by Crippen LogP contribution is -2.14. The van der Waals surface area contributed by atoms with Crippen LogP contribution in [-0.4, -0.2) is 29.3 Å². The first-order valence-corrected chi connectivity index (χ1v) is 6.72. The van der Waals surface area contributed by atoms with Crippen molar-refractivity contribution in [2.45, 2.75) is 4.90 Å². The molecule has 19 heavy (non-hydrogen) atoms. The van der Waals surface area contributed by atoms with Crippen molar-refractivity contribution in [3.05, 3.63) is 42.1 Å². The number of aromatic nitrogens is 2. The fraction of sp³-hybridized carbons (Fsp3) is 0.0909. The smallest absolute Gasteiger partial charge is 0.335 e. The van der Waals surface area contributed by atoms with Crippen LogP contribution >= 0.6 is 0 Å². The van der Waals surface area contributed by atoms with Gasteiger partial charge in [0.25, 0.3) is 10.0 Å². The Balaban J connectivity index is 2.34. The van der Waals surface area contributed by atoms with Crippen LogP contribution in [0.1, 0.15) is 10.4 Å². The Bertz CT molecular complexity index is 721. The number of carboxylic acids is 1.